The Balaban J connectivity index is 1.51. The highest BCUT2D eigenvalue weighted by Crippen LogP contribution is 2.24. The van der Waals surface area contributed by atoms with Gasteiger partial charge in [-0.25, -0.2) is 4.98 Å². The maximum atomic E-state index is 12.7. The zero-order chi connectivity index (χ0) is 20.3. The van der Waals surface area contributed by atoms with Crippen molar-refractivity contribution in [3.63, 3.8) is 0 Å². The van der Waals surface area contributed by atoms with E-state index in [1.54, 1.807) is 12.1 Å². The van der Waals surface area contributed by atoms with Crippen LogP contribution in [0.1, 0.15) is 31.0 Å². The van der Waals surface area contributed by atoms with E-state index in [0.29, 0.717) is 23.2 Å². The highest BCUT2D eigenvalue weighted by Gasteiger charge is 2.30. The maximum Gasteiger partial charge on any atom is 0.241 e. The second-order valence-corrected chi connectivity index (χ2v) is 8.51. The monoisotopic (exact) mass is 420 g/mol. The van der Waals surface area contributed by atoms with Crippen LogP contribution in [0.25, 0.3) is 0 Å². The molecule has 2 heterocycles. The number of benzene rings is 1. The normalized spacial score (nSPS) is 16.6. The number of hydrogen-bond donors (Lipinski definition) is 2. The molecule has 1 saturated heterocycles. The first-order valence-electron chi connectivity index (χ1n) is 9.37. The van der Waals surface area contributed by atoms with Gasteiger partial charge in [0.05, 0.1) is 11.7 Å². The molecule has 1 aliphatic heterocycles. The molecule has 28 heavy (non-hydrogen) atoms. The number of amides is 2. The molecule has 1 atom stereocenters. The summed E-state index contributed by atoms with van der Waals surface area (Å²) in [5, 5.41) is 9.03. The van der Waals surface area contributed by atoms with E-state index in [4.69, 9.17) is 11.6 Å². The number of aryl methyl sites for hydroxylation is 2. The summed E-state index contributed by atoms with van der Waals surface area (Å²) >= 11 is 7.47. The minimum Gasteiger partial charge on any atom is -0.324 e. The molecule has 2 aromatic rings. The molecule has 1 aromatic carbocycles. The number of nitrogens with zero attached hydrogens (tertiary/aromatic N) is 2. The number of likely N-dealkylation sites (tertiary alicyclic amines) is 1. The zero-order valence-electron chi connectivity index (χ0n) is 16.3. The van der Waals surface area contributed by atoms with Crippen LogP contribution in [-0.4, -0.2) is 40.8 Å². The smallest absolute Gasteiger partial charge is 0.241 e. The van der Waals surface area contributed by atoms with E-state index < -0.39 is 0 Å². The number of rotatable bonds is 5. The molecule has 1 unspecified atom stereocenters. The molecule has 0 spiro atoms. The van der Waals surface area contributed by atoms with Gasteiger partial charge in [-0.15, -0.1) is 11.3 Å². The zero-order valence-corrected chi connectivity index (χ0v) is 17.9. The molecule has 1 aromatic heterocycles. The second-order valence-electron chi connectivity index (χ2n) is 7.22. The number of anilines is 2. The van der Waals surface area contributed by atoms with E-state index in [9.17, 15) is 9.59 Å². The van der Waals surface area contributed by atoms with Crippen LogP contribution in [-0.2, 0) is 9.59 Å². The number of hydrogen-bond acceptors (Lipinski definition) is 5. The molecular weight excluding hydrogens is 396 g/mol. The lowest BCUT2D eigenvalue weighted by molar-refractivity contribution is -0.123. The molecule has 1 fully saturated rings. The van der Waals surface area contributed by atoms with Gasteiger partial charge in [-0.3, -0.25) is 14.5 Å². The van der Waals surface area contributed by atoms with E-state index in [1.165, 1.54) is 11.3 Å². The van der Waals surface area contributed by atoms with Crippen LogP contribution >= 0.6 is 22.9 Å². The topological polar surface area (TPSA) is 74.3 Å². The third kappa shape index (κ3) is 5.10. The van der Waals surface area contributed by atoms with E-state index in [1.807, 2.05) is 32.2 Å². The van der Waals surface area contributed by atoms with Gasteiger partial charge in [-0.05, 0) is 64.4 Å². The van der Waals surface area contributed by atoms with Crippen LogP contribution in [0.15, 0.2) is 23.6 Å². The quantitative estimate of drug-likeness (QED) is 0.763. The number of carbonyl (C=O) groups is 2. The van der Waals surface area contributed by atoms with Gasteiger partial charge in [0.2, 0.25) is 11.8 Å². The summed E-state index contributed by atoms with van der Waals surface area (Å²) in [7, 11) is 0. The van der Waals surface area contributed by atoms with E-state index in [0.717, 1.165) is 29.8 Å². The van der Waals surface area contributed by atoms with Gasteiger partial charge >= 0.3 is 0 Å². The standard InChI is InChI=1S/C20H25ClN4O2S/c1-12-4-5-16(21)10-17(12)23-18(26)14(3)25-8-6-15(7-9-25)19(27)24-20-22-13(2)11-28-20/h4-5,10-11,14-15H,6-9H2,1-3H3,(H,23,26)(H,22,24,27). The van der Waals surface area contributed by atoms with Crippen LogP contribution in [0, 0.1) is 19.8 Å². The lowest BCUT2D eigenvalue weighted by Crippen LogP contribution is -2.47. The summed E-state index contributed by atoms with van der Waals surface area (Å²) in [4.78, 5) is 31.5. The van der Waals surface area contributed by atoms with Gasteiger partial charge in [0.25, 0.3) is 0 Å². The highest BCUT2D eigenvalue weighted by molar-refractivity contribution is 7.13. The first-order valence-corrected chi connectivity index (χ1v) is 10.6. The summed E-state index contributed by atoms with van der Waals surface area (Å²) in [5.74, 6) is -0.0990. The average molecular weight is 421 g/mol. The van der Waals surface area contributed by atoms with Crippen LogP contribution in [0.4, 0.5) is 10.8 Å². The fraction of sp³-hybridized carbons (Fsp3) is 0.450. The molecule has 1 aliphatic rings. The molecule has 6 nitrogen and oxygen atoms in total. The Bertz CT molecular complexity index is 862. The van der Waals surface area contributed by atoms with Crippen molar-refractivity contribution in [3.05, 3.63) is 39.9 Å². The first-order chi connectivity index (χ1) is 13.3. The molecule has 0 radical (unpaired) electrons. The van der Waals surface area contributed by atoms with E-state index in [2.05, 4.69) is 20.5 Å². The predicted molar refractivity (Wildman–Crippen MR) is 114 cm³/mol. The Labute approximate surface area is 174 Å². The fourth-order valence-electron chi connectivity index (χ4n) is 3.30. The summed E-state index contributed by atoms with van der Waals surface area (Å²) < 4.78 is 0. The fourth-order valence-corrected chi connectivity index (χ4v) is 4.16. The SMILES string of the molecule is Cc1csc(NC(=O)C2CCN(C(C)C(=O)Nc3cc(Cl)ccc3C)CC2)n1. The molecule has 150 valence electrons. The minimum atomic E-state index is -0.274. The molecular formula is C20H25ClN4O2S. The van der Waals surface area contributed by atoms with Gasteiger partial charge in [-0.2, -0.15) is 0 Å². The summed E-state index contributed by atoms with van der Waals surface area (Å²) in [6.07, 6.45) is 1.45. The number of carbonyl (C=O) groups excluding carboxylic acids is 2. The van der Waals surface area contributed by atoms with Crippen molar-refractivity contribution in [2.24, 2.45) is 5.92 Å². The number of aromatic nitrogens is 1. The minimum absolute atomic E-state index is 0.0145. The Morgan fingerprint density at radius 2 is 1.96 bits per heavy atom. The van der Waals surface area contributed by atoms with Gasteiger partial charge < -0.3 is 10.6 Å². The Kier molecular flexibility index (Phi) is 6.69. The lowest BCUT2D eigenvalue weighted by atomic mass is 9.95. The van der Waals surface area contributed by atoms with Crippen LogP contribution in [0.5, 0.6) is 0 Å². The van der Waals surface area contributed by atoms with Crippen LogP contribution < -0.4 is 10.6 Å². The summed E-state index contributed by atoms with van der Waals surface area (Å²) in [6.45, 7) is 7.15. The van der Waals surface area contributed by atoms with Crippen molar-refractivity contribution in [1.82, 2.24) is 9.88 Å². The largest absolute Gasteiger partial charge is 0.324 e. The van der Waals surface area contributed by atoms with Crippen molar-refractivity contribution < 1.29 is 9.59 Å². The summed E-state index contributed by atoms with van der Waals surface area (Å²) in [6, 6.07) is 5.18. The molecule has 0 bridgehead atoms. The highest BCUT2D eigenvalue weighted by atomic mass is 35.5. The number of halogens is 1. The molecule has 0 aliphatic carbocycles. The van der Waals surface area contributed by atoms with Crippen molar-refractivity contribution in [3.8, 4) is 0 Å². The molecule has 2 amide bonds. The van der Waals surface area contributed by atoms with Crippen LogP contribution in [0.3, 0.4) is 0 Å². The van der Waals surface area contributed by atoms with Crippen LogP contribution in [0.2, 0.25) is 5.02 Å². The second kappa shape index (κ2) is 9.03. The molecule has 2 N–H and O–H groups in total. The summed E-state index contributed by atoms with van der Waals surface area (Å²) in [5.41, 5.74) is 2.61. The van der Waals surface area contributed by atoms with Crippen molar-refractivity contribution >= 4 is 45.6 Å². The Morgan fingerprint density at radius 3 is 2.61 bits per heavy atom. The molecule has 3 rings (SSSR count). The molecule has 8 heteroatoms. The maximum absolute atomic E-state index is 12.7. The number of piperidine rings is 1. The number of thiazole rings is 1. The Morgan fingerprint density at radius 1 is 1.25 bits per heavy atom. The van der Waals surface area contributed by atoms with Crippen molar-refractivity contribution in [2.45, 2.75) is 39.7 Å². The molecule has 0 saturated carbocycles. The van der Waals surface area contributed by atoms with Gasteiger partial charge in [0, 0.05) is 22.0 Å². The number of nitrogens with one attached hydrogen (secondary N) is 2. The lowest BCUT2D eigenvalue weighted by Gasteiger charge is -2.34. The Hall–Kier alpha value is -1.96. The van der Waals surface area contributed by atoms with Crippen molar-refractivity contribution in [1.29, 1.82) is 0 Å². The van der Waals surface area contributed by atoms with Gasteiger partial charge in [0.15, 0.2) is 5.13 Å². The van der Waals surface area contributed by atoms with Gasteiger partial charge in [0.1, 0.15) is 0 Å². The average Bonchev–Trinajstić information content (AvgIpc) is 3.08. The first kappa shape index (κ1) is 20.8. The third-order valence-electron chi connectivity index (χ3n) is 5.13. The third-order valence-corrected chi connectivity index (χ3v) is 6.24. The van der Waals surface area contributed by atoms with E-state index >= 15 is 0 Å². The van der Waals surface area contributed by atoms with Crippen molar-refractivity contribution in [2.75, 3.05) is 23.7 Å². The van der Waals surface area contributed by atoms with E-state index in [-0.39, 0.29) is 23.8 Å². The van der Waals surface area contributed by atoms with Gasteiger partial charge in [-0.1, -0.05) is 17.7 Å². The predicted octanol–water partition coefficient (Wildman–Crippen LogP) is 4.09.